The Morgan fingerprint density at radius 2 is 2.26 bits per heavy atom. The van der Waals surface area contributed by atoms with E-state index in [1.807, 2.05) is 11.3 Å². The number of nitrogens with one attached hydrogen (secondary N) is 1. The number of hydrogen-bond donors (Lipinski definition) is 1. The van der Waals surface area contributed by atoms with E-state index in [1.54, 1.807) is 0 Å². The average Bonchev–Trinajstić information content (AvgIpc) is 2.98. The third-order valence-electron chi connectivity index (χ3n) is 4.22. The molecule has 108 valence electrons. The van der Waals surface area contributed by atoms with Gasteiger partial charge in [-0.1, -0.05) is 32.3 Å². The Hall–Kier alpha value is -0.380. The van der Waals surface area contributed by atoms with Crippen molar-refractivity contribution in [2.45, 2.75) is 58.1 Å². The molecule has 1 aliphatic carbocycles. The van der Waals surface area contributed by atoms with Crippen LogP contribution in [0.5, 0.6) is 0 Å². The van der Waals surface area contributed by atoms with Crippen molar-refractivity contribution in [2.24, 2.45) is 5.92 Å². The van der Waals surface area contributed by atoms with Crippen LogP contribution >= 0.6 is 11.3 Å². The Balaban J connectivity index is 1.63. The molecule has 0 aromatic carbocycles. The van der Waals surface area contributed by atoms with Gasteiger partial charge in [0.2, 0.25) is 0 Å². The minimum atomic E-state index is 0.442. The van der Waals surface area contributed by atoms with Gasteiger partial charge in [0.25, 0.3) is 0 Å². The van der Waals surface area contributed by atoms with E-state index in [4.69, 9.17) is 4.74 Å². The van der Waals surface area contributed by atoms with E-state index in [9.17, 15) is 0 Å². The molecule has 1 saturated carbocycles. The highest BCUT2D eigenvalue weighted by Gasteiger charge is 2.23. The standard InChI is InChI=1S/C16H27NOS/c1-3-14-7-4-5-8-15(14)18-11-10-17-13(2)16-9-6-12-19-16/h6,9,12-15,17H,3-5,7-8,10-11H2,1-2H3. The van der Waals surface area contributed by atoms with Crippen molar-refractivity contribution in [3.8, 4) is 0 Å². The van der Waals surface area contributed by atoms with Gasteiger partial charge >= 0.3 is 0 Å². The van der Waals surface area contributed by atoms with Crippen LogP contribution in [0.2, 0.25) is 0 Å². The molecule has 0 radical (unpaired) electrons. The summed E-state index contributed by atoms with van der Waals surface area (Å²) in [5, 5.41) is 5.68. The molecule has 2 nitrogen and oxygen atoms in total. The summed E-state index contributed by atoms with van der Waals surface area (Å²) in [5.41, 5.74) is 0. The largest absolute Gasteiger partial charge is 0.377 e. The quantitative estimate of drug-likeness (QED) is 0.749. The fraction of sp³-hybridized carbons (Fsp3) is 0.750. The van der Waals surface area contributed by atoms with Crippen molar-refractivity contribution < 1.29 is 4.74 Å². The number of rotatable bonds is 7. The highest BCUT2D eigenvalue weighted by molar-refractivity contribution is 7.10. The molecule has 1 aromatic heterocycles. The molecule has 19 heavy (non-hydrogen) atoms. The van der Waals surface area contributed by atoms with Crippen LogP contribution in [0.1, 0.15) is 56.9 Å². The zero-order chi connectivity index (χ0) is 13.5. The summed E-state index contributed by atoms with van der Waals surface area (Å²) in [6.45, 7) is 6.31. The monoisotopic (exact) mass is 281 g/mol. The molecule has 0 spiro atoms. The van der Waals surface area contributed by atoms with Gasteiger partial charge in [-0.05, 0) is 37.1 Å². The van der Waals surface area contributed by atoms with Crippen LogP contribution in [0.4, 0.5) is 0 Å². The van der Waals surface area contributed by atoms with E-state index in [2.05, 4.69) is 36.7 Å². The molecule has 1 N–H and O–H groups in total. The van der Waals surface area contributed by atoms with Gasteiger partial charge in [0.15, 0.2) is 0 Å². The lowest BCUT2D eigenvalue weighted by atomic mass is 9.85. The zero-order valence-corrected chi connectivity index (χ0v) is 13.0. The van der Waals surface area contributed by atoms with Crippen LogP contribution in [0.25, 0.3) is 0 Å². The van der Waals surface area contributed by atoms with Gasteiger partial charge in [0, 0.05) is 17.5 Å². The van der Waals surface area contributed by atoms with E-state index >= 15 is 0 Å². The molecule has 0 bridgehead atoms. The minimum Gasteiger partial charge on any atom is -0.377 e. The third kappa shape index (κ3) is 4.59. The van der Waals surface area contributed by atoms with E-state index in [-0.39, 0.29) is 0 Å². The SMILES string of the molecule is CCC1CCCCC1OCCNC(C)c1cccs1. The summed E-state index contributed by atoms with van der Waals surface area (Å²) >= 11 is 1.82. The molecule has 1 fully saturated rings. The maximum Gasteiger partial charge on any atom is 0.0603 e. The second kappa shape index (κ2) is 8.03. The first-order chi connectivity index (χ1) is 9.31. The maximum atomic E-state index is 6.10. The lowest BCUT2D eigenvalue weighted by molar-refractivity contribution is -0.0107. The van der Waals surface area contributed by atoms with Crippen LogP contribution in [0.15, 0.2) is 17.5 Å². The summed E-state index contributed by atoms with van der Waals surface area (Å²) in [4.78, 5) is 1.41. The molecule has 1 aliphatic rings. The van der Waals surface area contributed by atoms with Crippen LogP contribution in [0, 0.1) is 5.92 Å². The molecular weight excluding hydrogens is 254 g/mol. The normalized spacial score (nSPS) is 25.4. The summed E-state index contributed by atoms with van der Waals surface area (Å²) in [5.74, 6) is 0.795. The van der Waals surface area contributed by atoms with Gasteiger partial charge in [-0.15, -0.1) is 11.3 Å². The Morgan fingerprint density at radius 3 is 3.00 bits per heavy atom. The molecule has 1 heterocycles. The summed E-state index contributed by atoms with van der Waals surface area (Å²) < 4.78 is 6.10. The van der Waals surface area contributed by atoms with Crippen molar-refractivity contribution in [2.75, 3.05) is 13.2 Å². The highest BCUT2D eigenvalue weighted by Crippen LogP contribution is 2.29. The second-order valence-electron chi connectivity index (χ2n) is 5.55. The first-order valence-electron chi connectivity index (χ1n) is 7.69. The van der Waals surface area contributed by atoms with Crippen LogP contribution < -0.4 is 5.32 Å². The number of ether oxygens (including phenoxy) is 1. The predicted octanol–water partition coefficient (Wildman–Crippen LogP) is 4.38. The zero-order valence-electron chi connectivity index (χ0n) is 12.2. The smallest absolute Gasteiger partial charge is 0.0603 e. The lowest BCUT2D eigenvalue weighted by Crippen LogP contribution is -2.31. The lowest BCUT2D eigenvalue weighted by Gasteiger charge is -2.31. The fourth-order valence-corrected chi connectivity index (χ4v) is 3.74. The van der Waals surface area contributed by atoms with Crippen LogP contribution in [-0.4, -0.2) is 19.3 Å². The van der Waals surface area contributed by atoms with Crippen molar-refractivity contribution in [1.82, 2.24) is 5.32 Å². The molecule has 1 aromatic rings. The first kappa shape index (κ1) is 15.0. The topological polar surface area (TPSA) is 21.3 Å². The first-order valence-corrected chi connectivity index (χ1v) is 8.57. The van der Waals surface area contributed by atoms with Crippen molar-refractivity contribution >= 4 is 11.3 Å². The van der Waals surface area contributed by atoms with E-state index in [0.717, 1.165) is 19.1 Å². The molecular formula is C16H27NOS. The molecule has 0 aliphatic heterocycles. The van der Waals surface area contributed by atoms with E-state index in [1.165, 1.54) is 37.0 Å². The Bertz CT molecular complexity index is 339. The molecule has 3 atom stereocenters. The van der Waals surface area contributed by atoms with Gasteiger partial charge in [0.1, 0.15) is 0 Å². The third-order valence-corrected chi connectivity index (χ3v) is 5.27. The maximum absolute atomic E-state index is 6.10. The van der Waals surface area contributed by atoms with Gasteiger partial charge in [-0.25, -0.2) is 0 Å². The average molecular weight is 281 g/mol. The fourth-order valence-electron chi connectivity index (χ4n) is 2.98. The van der Waals surface area contributed by atoms with Crippen molar-refractivity contribution in [3.63, 3.8) is 0 Å². The second-order valence-corrected chi connectivity index (χ2v) is 6.53. The molecule has 2 rings (SSSR count). The van der Waals surface area contributed by atoms with Gasteiger partial charge in [-0.2, -0.15) is 0 Å². The van der Waals surface area contributed by atoms with E-state index < -0.39 is 0 Å². The van der Waals surface area contributed by atoms with Crippen LogP contribution in [-0.2, 0) is 4.74 Å². The van der Waals surface area contributed by atoms with Gasteiger partial charge in [-0.3, -0.25) is 0 Å². The van der Waals surface area contributed by atoms with Gasteiger partial charge < -0.3 is 10.1 Å². The Labute approximate surface area is 121 Å². The van der Waals surface area contributed by atoms with Gasteiger partial charge in [0.05, 0.1) is 12.7 Å². The predicted molar refractivity (Wildman–Crippen MR) is 82.7 cm³/mol. The Morgan fingerprint density at radius 1 is 1.42 bits per heavy atom. The van der Waals surface area contributed by atoms with Crippen molar-refractivity contribution in [1.29, 1.82) is 0 Å². The molecule has 3 unspecified atom stereocenters. The molecule has 3 heteroatoms. The molecule has 0 saturated heterocycles. The number of thiophene rings is 1. The highest BCUT2D eigenvalue weighted by atomic mass is 32.1. The Kier molecular flexibility index (Phi) is 6.35. The van der Waals surface area contributed by atoms with E-state index in [0.29, 0.717) is 12.1 Å². The van der Waals surface area contributed by atoms with Crippen LogP contribution in [0.3, 0.4) is 0 Å². The number of hydrogen-bond acceptors (Lipinski definition) is 3. The van der Waals surface area contributed by atoms with Crippen molar-refractivity contribution in [3.05, 3.63) is 22.4 Å². The summed E-state index contributed by atoms with van der Waals surface area (Å²) in [7, 11) is 0. The summed E-state index contributed by atoms with van der Waals surface area (Å²) in [6, 6.07) is 4.75. The minimum absolute atomic E-state index is 0.442. The molecule has 0 amide bonds. The summed E-state index contributed by atoms with van der Waals surface area (Å²) in [6.07, 6.45) is 7.15.